The number of H-pyrrole nitrogens is 1. The van der Waals surface area contributed by atoms with Gasteiger partial charge >= 0.3 is 5.97 Å². The Labute approximate surface area is 135 Å². The van der Waals surface area contributed by atoms with Crippen molar-refractivity contribution in [1.29, 1.82) is 0 Å². The van der Waals surface area contributed by atoms with Gasteiger partial charge in [-0.3, -0.25) is 9.69 Å². The van der Waals surface area contributed by atoms with Gasteiger partial charge in [-0.2, -0.15) is 0 Å². The van der Waals surface area contributed by atoms with Crippen molar-refractivity contribution in [2.45, 2.75) is 38.3 Å². The highest BCUT2D eigenvalue weighted by Gasteiger charge is 2.56. The van der Waals surface area contributed by atoms with E-state index in [9.17, 15) is 9.90 Å². The first-order valence-electron chi connectivity index (χ1n) is 8.77. The van der Waals surface area contributed by atoms with Gasteiger partial charge in [0.2, 0.25) is 0 Å². The van der Waals surface area contributed by atoms with E-state index in [1.54, 1.807) is 0 Å². The number of nitrogens with zero attached hydrogens (tertiary/aromatic N) is 1. The lowest BCUT2D eigenvalue weighted by Crippen LogP contribution is -2.64. The fourth-order valence-electron chi connectivity index (χ4n) is 5.66. The number of carboxylic acids is 1. The molecule has 0 amide bonds. The van der Waals surface area contributed by atoms with E-state index in [0.29, 0.717) is 17.9 Å². The summed E-state index contributed by atoms with van der Waals surface area (Å²) in [5.41, 5.74) is 3.92. The summed E-state index contributed by atoms with van der Waals surface area (Å²) in [5, 5.41) is 11.1. The highest BCUT2D eigenvalue weighted by molar-refractivity contribution is 5.85. The second kappa shape index (κ2) is 4.60. The number of rotatable bonds is 2. The van der Waals surface area contributed by atoms with E-state index in [1.807, 2.05) is 0 Å². The summed E-state index contributed by atoms with van der Waals surface area (Å²) >= 11 is 0. The molecule has 2 aromatic rings. The quantitative estimate of drug-likeness (QED) is 0.895. The number of aromatic amines is 1. The SMILES string of the molecule is CCC1CN2[C@H]3C[C@@H]1[C@H](C(=O)O)[C@@H]2Cc1c3[nH]c2ccccc12. The van der Waals surface area contributed by atoms with Crippen LogP contribution in [-0.2, 0) is 11.2 Å². The van der Waals surface area contributed by atoms with Gasteiger partial charge < -0.3 is 10.1 Å². The summed E-state index contributed by atoms with van der Waals surface area (Å²) in [5.74, 6) is 0.0724. The molecule has 1 aromatic heterocycles. The molecule has 4 bridgehead atoms. The number of hydrogen-bond acceptors (Lipinski definition) is 2. The van der Waals surface area contributed by atoms with Gasteiger partial charge in [0.25, 0.3) is 0 Å². The number of piperidine rings is 3. The van der Waals surface area contributed by atoms with Crippen molar-refractivity contribution in [3.8, 4) is 0 Å². The van der Waals surface area contributed by atoms with Crippen LogP contribution in [0.2, 0.25) is 0 Å². The molecule has 3 saturated heterocycles. The molecule has 5 heterocycles. The summed E-state index contributed by atoms with van der Waals surface area (Å²) < 4.78 is 0. The first-order chi connectivity index (χ1) is 11.2. The van der Waals surface area contributed by atoms with Crippen molar-refractivity contribution in [3.05, 3.63) is 35.5 Å². The molecule has 4 heteroatoms. The van der Waals surface area contributed by atoms with Gasteiger partial charge in [0.05, 0.1) is 12.0 Å². The van der Waals surface area contributed by atoms with Gasteiger partial charge in [-0.25, -0.2) is 0 Å². The predicted molar refractivity (Wildman–Crippen MR) is 88.3 cm³/mol. The Bertz CT molecular complexity index is 796. The van der Waals surface area contributed by atoms with Crippen molar-refractivity contribution in [2.75, 3.05) is 6.54 Å². The minimum absolute atomic E-state index is 0.172. The highest BCUT2D eigenvalue weighted by atomic mass is 16.4. The largest absolute Gasteiger partial charge is 0.481 e. The van der Waals surface area contributed by atoms with E-state index >= 15 is 0 Å². The summed E-state index contributed by atoms with van der Waals surface area (Å²) in [7, 11) is 0. The lowest BCUT2D eigenvalue weighted by Gasteiger charge is -2.59. The first-order valence-corrected chi connectivity index (χ1v) is 8.77. The number of hydrogen-bond donors (Lipinski definition) is 2. The average Bonchev–Trinajstić information content (AvgIpc) is 2.93. The number of para-hydroxylation sites is 1. The molecular weight excluding hydrogens is 288 g/mol. The van der Waals surface area contributed by atoms with Crippen molar-refractivity contribution < 1.29 is 9.90 Å². The van der Waals surface area contributed by atoms with Crippen LogP contribution in [0, 0.1) is 17.8 Å². The molecule has 2 N–H and O–H groups in total. The number of fused-ring (bicyclic) bond motifs is 4. The predicted octanol–water partition coefficient (Wildman–Crippen LogP) is 3.20. The Balaban J connectivity index is 1.67. The van der Waals surface area contributed by atoms with Crippen LogP contribution in [0.4, 0.5) is 0 Å². The van der Waals surface area contributed by atoms with E-state index in [1.165, 1.54) is 22.2 Å². The normalized spacial score (nSPS) is 37.8. The Morgan fingerprint density at radius 3 is 3.00 bits per heavy atom. The molecule has 120 valence electrons. The van der Waals surface area contributed by atoms with E-state index in [4.69, 9.17) is 0 Å². The summed E-state index contributed by atoms with van der Waals surface area (Å²) in [6, 6.07) is 9.01. The number of carboxylic acid groups (broad SMARTS) is 1. The number of nitrogens with one attached hydrogen (secondary N) is 1. The van der Waals surface area contributed by atoms with Crippen LogP contribution in [-0.4, -0.2) is 33.5 Å². The third kappa shape index (κ3) is 1.67. The number of aliphatic carboxylic acids is 1. The maximum atomic E-state index is 12.0. The van der Waals surface area contributed by atoms with Gasteiger partial charge in [0, 0.05) is 29.2 Å². The van der Waals surface area contributed by atoms with E-state index in [-0.39, 0.29) is 12.0 Å². The van der Waals surface area contributed by atoms with Gasteiger partial charge in [-0.15, -0.1) is 0 Å². The Morgan fingerprint density at radius 1 is 1.39 bits per heavy atom. The van der Waals surface area contributed by atoms with E-state index in [0.717, 1.165) is 25.8 Å². The lowest BCUT2D eigenvalue weighted by molar-refractivity contribution is -0.164. The van der Waals surface area contributed by atoms with E-state index < -0.39 is 5.97 Å². The average molecular weight is 310 g/mol. The molecule has 1 aromatic carbocycles. The molecule has 23 heavy (non-hydrogen) atoms. The van der Waals surface area contributed by atoms with Gasteiger partial charge in [-0.05, 0) is 36.3 Å². The zero-order valence-electron chi connectivity index (χ0n) is 13.3. The molecule has 6 atom stereocenters. The van der Waals surface area contributed by atoms with Crippen LogP contribution in [0.3, 0.4) is 0 Å². The molecule has 2 unspecified atom stereocenters. The molecule has 6 rings (SSSR count). The summed E-state index contributed by atoms with van der Waals surface area (Å²) in [4.78, 5) is 18.1. The first kappa shape index (κ1) is 13.6. The fourth-order valence-corrected chi connectivity index (χ4v) is 5.66. The molecule has 0 saturated carbocycles. The number of carbonyl (C=O) groups is 1. The molecule has 0 radical (unpaired) electrons. The second-order valence-corrected chi connectivity index (χ2v) is 7.48. The molecule has 4 aliphatic heterocycles. The molecule has 3 fully saturated rings. The standard InChI is InChI=1S/C19H22N2O2/c1-2-10-9-21-15-8-13-11-5-3-4-6-14(11)20-18(13)16(21)7-12(10)17(15)19(22)23/h3-6,10,12,15-17,20H,2,7-9H2,1H3,(H,22,23)/t10?,12-,15-,16-,17-/m0/s1. The Morgan fingerprint density at radius 2 is 2.22 bits per heavy atom. The van der Waals surface area contributed by atoms with Crippen LogP contribution < -0.4 is 0 Å². The summed E-state index contributed by atoms with van der Waals surface area (Å²) in [6.07, 6.45) is 2.95. The minimum Gasteiger partial charge on any atom is -0.481 e. The fraction of sp³-hybridized carbons (Fsp3) is 0.526. The molecule has 4 aliphatic rings. The van der Waals surface area contributed by atoms with Gasteiger partial charge in [0.15, 0.2) is 0 Å². The molecular formula is C19H22N2O2. The van der Waals surface area contributed by atoms with Gasteiger partial charge in [-0.1, -0.05) is 31.5 Å². The van der Waals surface area contributed by atoms with Crippen molar-refractivity contribution >= 4 is 16.9 Å². The zero-order chi connectivity index (χ0) is 15.7. The maximum absolute atomic E-state index is 12.0. The van der Waals surface area contributed by atoms with Crippen LogP contribution in [0.15, 0.2) is 24.3 Å². The van der Waals surface area contributed by atoms with Crippen molar-refractivity contribution in [3.63, 3.8) is 0 Å². The van der Waals surface area contributed by atoms with Crippen LogP contribution in [0.25, 0.3) is 10.9 Å². The third-order valence-corrected chi connectivity index (χ3v) is 6.65. The van der Waals surface area contributed by atoms with Crippen LogP contribution in [0.5, 0.6) is 0 Å². The molecule has 0 aliphatic carbocycles. The minimum atomic E-state index is -0.593. The number of benzene rings is 1. The second-order valence-electron chi connectivity index (χ2n) is 7.48. The summed E-state index contributed by atoms with van der Waals surface area (Å²) in [6.45, 7) is 3.27. The maximum Gasteiger partial charge on any atom is 0.308 e. The topological polar surface area (TPSA) is 56.3 Å². The molecule has 0 spiro atoms. The Hall–Kier alpha value is -1.81. The van der Waals surface area contributed by atoms with Crippen LogP contribution in [0.1, 0.15) is 37.1 Å². The Kier molecular flexibility index (Phi) is 2.72. The van der Waals surface area contributed by atoms with Crippen molar-refractivity contribution in [1.82, 2.24) is 9.88 Å². The highest BCUT2D eigenvalue weighted by Crippen LogP contribution is 2.54. The monoisotopic (exact) mass is 310 g/mol. The third-order valence-electron chi connectivity index (χ3n) is 6.65. The smallest absolute Gasteiger partial charge is 0.308 e. The zero-order valence-corrected chi connectivity index (χ0v) is 13.3. The molecule has 4 nitrogen and oxygen atoms in total. The van der Waals surface area contributed by atoms with E-state index in [2.05, 4.69) is 41.1 Å². The number of aromatic nitrogens is 1. The van der Waals surface area contributed by atoms with Crippen molar-refractivity contribution in [2.24, 2.45) is 17.8 Å². The lowest BCUT2D eigenvalue weighted by atomic mass is 9.61. The van der Waals surface area contributed by atoms with Gasteiger partial charge in [0.1, 0.15) is 0 Å². The van der Waals surface area contributed by atoms with Crippen LogP contribution >= 0.6 is 0 Å².